The molecule has 1 atom stereocenters. The molecule has 1 amide bonds. The summed E-state index contributed by atoms with van der Waals surface area (Å²) in [6, 6.07) is 9.81. The van der Waals surface area contributed by atoms with E-state index in [1.165, 1.54) is 0 Å². The number of aliphatic imine (C=N–C) groups is 1. The highest BCUT2D eigenvalue weighted by atomic mass is 127. The molecule has 1 aromatic carbocycles. The number of halogens is 1. The summed E-state index contributed by atoms with van der Waals surface area (Å²) in [5, 5.41) is 10.8. The highest BCUT2D eigenvalue weighted by Gasteiger charge is 2.31. The number of benzene rings is 1. The van der Waals surface area contributed by atoms with Crippen LogP contribution in [0.25, 0.3) is 0 Å². The van der Waals surface area contributed by atoms with Gasteiger partial charge in [0.2, 0.25) is 5.91 Å². The van der Waals surface area contributed by atoms with E-state index in [0.717, 1.165) is 23.8 Å². The number of carbonyl (C=O) groups is 1. The maximum absolute atomic E-state index is 12.3. The van der Waals surface area contributed by atoms with Gasteiger partial charge in [0, 0.05) is 44.0 Å². The lowest BCUT2D eigenvalue weighted by atomic mass is 10.2. The molecule has 2 heterocycles. The number of nitrogens with zero attached hydrogens (tertiary/aromatic N) is 4. The Labute approximate surface area is 170 Å². The molecular weight excluding hydrogens is 443 g/mol. The van der Waals surface area contributed by atoms with Crippen LogP contribution in [0.2, 0.25) is 0 Å². The zero-order chi connectivity index (χ0) is 17.6. The quantitative estimate of drug-likeness (QED) is 0.400. The van der Waals surface area contributed by atoms with Crippen LogP contribution < -0.4 is 15.5 Å². The maximum atomic E-state index is 12.3. The van der Waals surface area contributed by atoms with Crippen molar-refractivity contribution in [3.63, 3.8) is 0 Å². The lowest BCUT2D eigenvalue weighted by molar-refractivity contribution is -0.117. The van der Waals surface area contributed by atoms with E-state index < -0.39 is 0 Å². The van der Waals surface area contributed by atoms with Crippen LogP contribution in [0, 0.1) is 0 Å². The first-order valence-corrected chi connectivity index (χ1v) is 8.53. The molecule has 26 heavy (non-hydrogen) atoms. The van der Waals surface area contributed by atoms with Gasteiger partial charge in [0.05, 0.1) is 18.8 Å². The van der Waals surface area contributed by atoms with Gasteiger partial charge in [0.1, 0.15) is 0 Å². The number of hydrogen-bond acceptors (Lipinski definition) is 3. The van der Waals surface area contributed by atoms with E-state index in [9.17, 15) is 4.79 Å². The maximum Gasteiger partial charge on any atom is 0.229 e. The molecule has 0 bridgehead atoms. The summed E-state index contributed by atoms with van der Waals surface area (Å²) in [4.78, 5) is 18.7. The molecule has 7 nitrogen and oxygen atoms in total. The van der Waals surface area contributed by atoms with Crippen molar-refractivity contribution < 1.29 is 4.79 Å². The molecule has 1 fully saturated rings. The van der Waals surface area contributed by atoms with Crippen molar-refractivity contribution in [3.05, 3.63) is 48.3 Å². The fraction of sp³-hybridized carbons (Fsp3) is 0.389. The molecule has 0 radical (unpaired) electrons. The zero-order valence-corrected chi connectivity index (χ0v) is 17.4. The average Bonchev–Trinajstić information content (AvgIpc) is 3.19. The molecule has 0 spiro atoms. The smallest absolute Gasteiger partial charge is 0.229 e. The minimum absolute atomic E-state index is 0. The Morgan fingerprint density at radius 3 is 2.77 bits per heavy atom. The first kappa shape index (κ1) is 20.2. The lowest BCUT2D eigenvalue weighted by Crippen LogP contribution is -2.44. The Morgan fingerprint density at radius 1 is 1.35 bits per heavy atom. The number of guanidine groups is 1. The summed E-state index contributed by atoms with van der Waals surface area (Å²) in [5.41, 5.74) is 1.99. The molecule has 3 rings (SSSR count). The summed E-state index contributed by atoms with van der Waals surface area (Å²) >= 11 is 0. The molecule has 2 N–H and O–H groups in total. The molecule has 1 unspecified atom stereocenters. The fourth-order valence-corrected chi connectivity index (χ4v) is 2.90. The fourth-order valence-electron chi connectivity index (χ4n) is 2.90. The van der Waals surface area contributed by atoms with E-state index in [4.69, 9.17) is 0 Å². The van der Waals surface area contributed by atoms with Crippen molar-refractivity contribution in [3.8, 4) is 0 Å². The average molecular weight is 468 g/mol. The van der Waals surface area contributed by atoms with Gasteiger partial charge in [-0.1, -0.05) is 18.2 Å². The van der Waals surface area contributed by atoms with Crippen molar-refractivity contribution in [2.24, 2.45) is 12.0 Å². The number of anilines is 1. The standard InChI is InChI=1S/C18H24N6O.HI/c1-3-19-18(20-10-14-11-21-23(2)12-14)22-15-9-17(25)24(13-15)16-7-5-4-6-8-16;/h4-8,11-12,15H,3,9-10,13H2,1-2H3,(H2,19,20,22);1H. The van der Waals surface area contributed by atoms with E-state index in [2.05, 4.69) is 20.7 Å². The normalized spacial score (nSPS) is 17.2. The number of para-hydroxylation sites is 1. The number of nitrogens with one attached hydrogen (secondary N) is 2. The van der Waals surface area contributed by atoms with Gasteiger partial charge in [-0.2, -0.15) is 5.10 Å². The minimum atomic E-state index is 0. The number of rotatable bonds is 5. The molecule has 1 aromatic heterocycles. The highest BCUT2D eigenvalue weighted by molar-refractivity contribution is 14.0. The van der Waals surface area contributed by atoms with Crippen molar-refractivity contribution in [2.45, 2.75) is 25.9 Å². The van der Waals surface area contributed by atoms with Crippen LogP contribution in [0.5, 0.6) is 0 Å². The molecule has 140 valence electrons. The predicted octanol–water partition coefficient (Wildman–Crippen LogP) is 1.90. The summed E-state index contributed by atoms with van der Waals surface area (Å²) in [6.45, 7) is 3.98. The topological polar surface area (TPSA) is 74.5 Å². The molecule has 1 saturated heterocycles. The second-order valence-electron chi connectivity index (χ2n) is 6.10. The van der Waals surface area contributed by atoms with E-state index in [1.807, 2.05) is 61.6 Å². The summed E-state index contributed by atoms with van der Waals surface area (Å²) in [5.74, 6) is 0.853. The number of hydrogen-bond donors (Lipinski definition) is 2. The van der Waals surface area contributed by atoms with Gasteiger partial charge < -0.3 is 15.5 Å². The number of aryl methyl sites for hydroxylation is 1. The Balaban J connectivity index is 0.00000243. The summed E-state index contributed by atoms with van der Waals surface area (Å²) < 4.78 is 1.76. The van der Waals surface area contributed by atoms with Crippen LogP contribution in [0.15, 0.2) is 47.7 Å². The van der Waals surface area contributed by atoms with Crippen molar-refractivity contribution >= 4 is 41.5 Å². The monoisotopic (exact) mass is 468 g/mol. The first-order chi connectivity index (χ1) is 12.2. The molecule has 8 heteroatoms. The van der Waals surface area contributed by atoms with E-state index in [-0.39, 0.29) is 35.9 Å². The van der Waals surface area contributed by atoms with Crippen LogP contribution in [0.4, 0.5) is 5.69 Å². The van der Waals surface area contributed by atoms with Crippen molar-refractivity contribution in [1.82, 2.24) is 20.4 Å². The number of amides is 1. The SMILES string of the molecule is CCNC(=NCc1cnn(C)c1)NC1CC(=O)N(c2ccccc2)C1.I. The van der Waals surface area contributed by atoms with Crippen LogP contribution in [0.3, 0.4) is 0 Å². The van der Waals surface area contributed by atoms with Gasteiger partial charge >= 0.3 is 0 Å². The molecule has 0 aliphatic carbocycles. The molecule has 2 aromatic rings. The number of aromatic nitrogens is 2. The van der Waals surface area contributed by atoms with Crippen LogP contribution >= 0.6 is 24.0 Å². The van der Waals surface area contributed by atoms with E-state index >= 15 is 0 Å². The van der Waals surface area contributed by atoms with Crippen molar-refractivity contribution in [1.29, 1.82) is 0 Å². The van der Waals surface area contributed by atoms with E-state index in [0.29, 0.717) is 19.5 Å². The Hall–Kier alpha value is -2.10. The molecular formula is C18H25IN6O. The third-order valence-electron chi connectivity index (χ3n) is 4.06. The third kappa shape index (κ3) is 5.20. The zero-order valence-electron chi connectivity index (χ0n) is 15.1. The Bertz CT molecular complexity index is 745. The molecule has 1 aliphatic rings. The highest BCUT2D eigenvalue weighted by Crippen LogP contribution is 2.20. The summed E-state index contributed by atoms with van der Waals surface area (Å²) in [6.07, 6.45) is 4.22. The third-order valence-corrected chi connectivity index (χ3v) is 4.06. The second kappa shape index (κ2) is 9.56. The summed E-state index contributed by atoms with van der Waals surface area (Å²) in [7, 11) is 1.89. The largest absolute Gasteiger partial charge is 0.357 e. The van der Waals surface area contributed by atoms with Crippen molar-refractivity contribution in [2.75, 3.05) is 18.0 Å². The Kier molecular flexibility index (Phi) is 7.43. The lowest BCUT2D eigenvalue weighted by Gasteiger charge is -2.18. The number of carbonyl (C=O) groups excluding carboxylic acids is 1. The van der Waals surface area contributed by atoms with E-state index in [1.54, 1.807) is 4.68 Å². The van der Waals surface area contributed by atoms with Crippen LogP contribution in [-0.2, 0) is 18.4 Å². The molecule has 0 saturated carbocycles. The van der Waals surface area contributed by atoms with Gasteiger partial charge in [-0.3, -0.25) is 9.48 Å². The van der Waals surface area contributed by atoms with Gasteiger partial charge in [-0.15, -0.1) is 24.0 Å². The molecule has 1 aliphatic heterocycles. The minimum Gasteiger partial charge on any atom is -0.357 e. The van der Waals surface area contributed by atoms with Gasteiger partial charge in [0.25, 0.3) is 0 Å². The second-order valence-corrected chi connectivity index (χ2v) is 6.10. The van der Waals surface area contributed by atoms with Gasteiger partial charge in [-0.05, 0) is 19.1 Å². The van der Waals surface area contributed by atoms with Crippen LogP contribution in [-0.4, -0.2) is 40.8 Å². The predicted molar refractivity (Wildman–Crippen MR) is 114 cm³/mol. The Morgan fingerprint density at radius 2 is 2.12 bits per heavy atom. The van der Waals surface area contributed by atoms with Crippen LogP contribution in [0.1, 0.15) is 18.9 Å². The van der Waals surface area contributed by atoms with Gasteiger partial charge in [-0.25, -0.2) is 4.99 Å². The van der Waals surface area contributed by atoms with Gasteiger partial charge in [0.15, 0.2) is 5.96 Å². The first-order valence-electron chi connectivity index (χ1n) is 8.53.